The molecule has 0 aromatic heterocycles. The Hall–Kier alpha value is -2.87. The lowest BCUT2D eigenvalue weighted by atomic mass is 10.00. The number of hydrogen-bond acceptors (Lipinski definition) is 3. The van der Waals surface area contributed by atoms with Crippen molar-refractivity contribution in [2.45, 2.75) is 37.8 Å². The van der Waals surface area contributed by atoms with Gasteiger partial charge in [0.05, 0.1) is 36.6 Å². The maximum absolute atomic E-state index is 15.3. The average molecular weight is 434 g/mol. The van der Waals surface area contributed by atoms with Gasteiger partial charge in [0.15, 0.2) is 0 Å². The van der Waals surface area contributed by atoms with Crippen molar-refractivity contribution in [3.63, 3.8) is 0 Å². The fourth-order valence-corrected chi connectivity index (χ4v) is 4.22. The second-order valence-electron chi connectivity index (χ2n) is 7.96. The van der Waals surface area contributed by atoms with Gasteiger partial charge in [-0.25, -0.2) is 8.78 Å². The molecule has 2 fully saturated rings. The number of alkyl halides is 2. The van der Waals surface area contributed by atoms with Gasteiger partial charge in [-0.1, -0.05) is 6.58 Å². The number of rotatable bonds is 5. The Morgan fingerprint density at radius 2 is 1.74 bits per heavy atom. The van der Waals surface area contributed by atoms with Crippen molar-refractivity contribution in [3.8, 4) is 0 Å². The number of benzene rings is 2. The highest BCUT2D eigenvalue weighted by molar-refractivity contribution is 6.04. The van der Waals surface area contributed by atoms with Gasteiger partial charge < -0.3 is 15.0 Å². The van der Waals surface area contributed by atoms with Crippen LogP contribution in [0.1, 0.15) is 34.3 Å². The number of aryl methyl sites for hydroxylation is 1. The molecule has 0 saturated carbocycles. The first-order chi connectivity index (χ1) is 14.7. The molecule has 2 saturated heterocycles. The van der Waals surface area contributed by atoms with Crippen molar-refractivity contribution in [3.05, 3.63) is 77.0 Å². The Labute approximate surface area is 177 Å². The molecule has 2 aromatic rings. The molecule has 4 rings (SSSR count). The molecule has 0 radical (unpaired) electrons. The van der Waals surface area contributed by atoms with E-state index in [2.05, 4.69) is 11.9 Å². The summed E-state index contributed by atoms with van der Waals surface area (Å²) >= 11 is 0. The van der Waals surface area contributed by atoms with Gasteiger partial charge in [-0.05, 0) is 61.7 Å². The molecule has 0 unspecified atom stereocenters. The zero-order valence-corrected chi connectivity index (χ0v) is 16.9. The van der Waals surface area contributed by atoms with Crippen LogP contribution < -0.4 is 5.32 Å². The second-order valence-corrected chi connectivity index (χ2v) is 7.96. The molecule has 2 bridgehead atoms. The molecular weight excluding hydrogens is 412 g/mol. The van der Waals surface area contributed by atoms with Crippen LogP contribution >= 0.6 is 0 Å². The van der Waals surface area contributed by atoms with E-state index in [4.69, 9.17) is 4.74 Å². The lowest BCUT2D eigenvalue weighted by molar-refractivity contribution is -0.0500. The maximum Gasteiger partial charge on any atom is 0.314 e. The number of morpholine rings is 1. The van der Waals surface area contributed by atoms with Crippen molar-refractivity contribution in [1.82, 2.24) is 4.90 Å². The molecule has 2 aromatic carbocycles. The van der Waals surface area contributed by atoms with Gasteiger partial charge >= 0.3 is 5.92 Å². The Morgan fingerprint density at radius 3 is 2.39 bits per heavy atom. The number of carbonyl (C=O) groups is 1. The number of nitrogens with one attached hydrogen (secondary N) is 1. The Balaban J connectivity index is 1.60. The number of nitrogens with zero attached hydrogens (tertiary/aromatic N) is 1. The maximum atomic E-state index is 15.3. The van der Waals surface area contributed by atoms with E-state index in [-0.39, 0.29) is 17.6 Å². The minimum absolute atomic E-state index is 0.143. The Bertz CT molecular complexity index is 1020. The van der Waals surface area contributed by atoms with Gasteiger partial charge in [0.2, 0.25) is 0 Å². The van der Waals surface area contributed by atoms with Crippen molar-refractivity contribution < 1.29 is 27.1 Å². The average Bonchev–Trinajstić information content (AvgIpc) is 2.98. The van der Waals surface area contributed by atoms with Gasteiger partial charge in [-0.3, -0.25) is 4.79 Å². The third-order valence-corrected chi connectivity index (χ3v) is 5.90. The van der Waals surface area contributed by atoms with Gasteiger partial charge in [0.25, 0.3) is 5.91 Å². The van der Waals surface area contributed by atoms with Crippen LogP contribution in [0, 0.1) is 18.6 Å². The topological polar surface area (TPSA) is 41.6 Å². The fraction of sp³-hybridized carbons (Fsp3) is 0.348. The smallest absolute Gasteiger partial charge is 0.314 e. The monoisotopic (exact) mass is 434 g/mol. The third kappa shape index (κ3) is 3.92. The van der Waals surface area contributed by atoms with Gasteiger partial charge in [0.1, 0.15) is 11.6 Å². The Morgan fingerprint density at radius 1 is 1.10 bits per heavy atom. The first-order valence-corrected chi connectivity index (χ1v) is 9.99. The summed E-state index contributed by atoms with van der Waals surface area (Å²) < 4.78 is 64.0. The van der Waals surface area contributed by atoms with E-state index in [9.17, 15) is 13.6 Å². The highest BCUT2D eigenvalue weighted by Gasteiger charge is 2.48. The fourth-order valence-electron chi connectivity index (χ4n) is 4.22. The molecule has 2 aliphatic heterocycles. The van der Waals surface area contributed by atoms with E-state index < -0.39 is 34.7 Å². The van der Waals surface area contributed by atoms with Crippen LogP contribution in [0.25, 0.3) is 0 Å². The molecule has 2 heterocycles. The number of ether oxygens (including phenoxy) is 1. The van der Waals surface area contributed by atoms with E-state index in [1.165, 1.54) is 30.0 Å². The third-order valence-electron chi connectivity index (χ3n) is 5.90. The molecule has 1 N–H and O–H groups in total. The Kier molecular flexibility index (Phi) is 5.51. The van der Waals surface area contributed by atoms with Crippen LogP contribution in [-0.4, -0.2) is 36.1 Å². The minimum atomic E-state index is -3.70. The quantitative estimate of drug-likeness (QED) is 0.674. The minimum Gasteiger partial charge on any atom is -0.377 e. The summed E-state index contributed by atoms with van der Waals surface area (Å²) in [6, 6.07) is 6.35. The van der Waals surface area contributed by atoms with Gasteiger partial charge in [-0.15, -0.1) is 0 Å². The molecule has 1 amide bonds. The molecule has 0 aliphatic carbocycles. The largest absolute Gasteiger partial charge is 0.377 e. The molecular formula is C23H22F4N2O2. The van der Waals surface area contributed by atoms with Crippen LogP contribution in [-0.2, 0) is 10.7 Å². The lowest BCUT2D eigenvalue weighted by Gasteiger charge is -2.40. The molecule has 31 heavy (non-hydrogen) atoms. The summed E-state index contributed by atoms with van der Waals surface area (Å²) in [5, 5.41) is 2.52. The van der Waals surface area contributed by atoms with Crippen molar-refractivity contribution in [2.24, 2.45) is 0 Å². The molecule has 2 atom stereocenters. The standard InChI is InChI=1S/C23H22F4N2O2/c1-13-9-16(4-8-20(13)24)28-22(30)15-3-7-21(25)19(10-15)23(26,27)14(2)29-17-5-6-18(29)12-31-11-17/h3-4,7-10,17-18H,2,5-6,11-12H2,1H3,(H,28,30)/t17-,18+. The molecule has 8 heteroatoms. The van der Waals surface area contributed by atoms with Crippen molar-refractivity contribution in [1.29, 1.82) is 0 Å². The van der Waals surface area contributed by atoms with Gasteiger partial charge in [-0.2, -0.15) is 8.78 Å². The highest BCUT2D eigenvalue weighted by atomic mass is 19.3. The molecule has 164 valence electrons. The predicted molar refractivity (Wildman–Crippen MR) is 108 cm³/mol. The van der Waals surface area contributed by atoms with E-state index >= 15 is 8.78 Å². The van der Waals surface area contributed by atoms with Crippen LogP contribution in [0.15, 0.2) is 48.7 Å². The highest BCUT2D eigenvalue weighted by Crippen LogP contribution is 2.43. The molecule has 4 nitrogen and oxygen atoms in total. The summed E-state index contributed by atoms with van der Waals surface area (Å²) in [6.45, 7) is 5.77. The van der Waals surface area contributed by atoms with E-state index in [0.717, 1.165) is 18.2 Å². The van der Waals surface area contributed by atoms with E-state index in [1.54, 1.807) is 0 Å². The number of amides is 1. The number of anilines is 1. The summed E-state index contributed by atoms with van der Waals surface area (Å²) in [4.78, 5) is 14.1. The van der Waals surface area contributed by atoms with E-state index in [0.29, 0.717) is 37.3 Å². The van der Waals surface area contributed by atoms with Crippen molar-refractivity contribution >= 4 is 11.6 Å². The number of carbonyl (C=O) groups excluding carboxylic acids is 1. The van der Waals surface area contributed by atoms with Crippen LogP contribution in [0.3, 0.4) is 0 Å². The lowest BCUT2D eigenvalue weighted by Crippen LogP contribution is -2.48. The van der Waals surface area contributed by atoms with Crippen LogP contribution in [0.5, 0.6) is 0 Å². The second kappa shape index (κ2) is 8.00. The first-order valence-electron chi connectivity index (χ1n) is 9.99. The first kappa shape index (κ1) is 21.4. The van der Waals surface area contributed by atoms with Crippen molar-refractivity contribution in [2.75, 3.05) is 18.5 Å². The van der Waals surface area contributed by atoms with Crippen LogP contribution in [0.2, 0.25) is 0 Å². The summed E-state index contributed by atoms with van der Waals surface area (Å²) in [5.74, 6) is -5.97. The summed E-state index contributed by atoms with van der Waals surface area (Å²) in [6.07, 6.45) is 1.42. The SMILES string of the molecule is C=C(N1[C@@H]2CC[C@H]1COC2)C(F)(F)c1cc(C(=O)Nc2ccc(F)c(C)c2)ccc1F. The number of hydrogen-bond donors (Lipinski definition) is 1. The number of allylic oxidation sites excluding steroid dienone is 1. The summed E-state index contributed by atoms with van der Waals surface area (Å²) in [7, 11) is 0. The van der Waals surface area contributed by atoms with Gasteiger partial charge in [0, 0.05) is 11.3 Å². The summed E-state index contributed by atoms with van der Waals surface area (Å²) in [5.41, 5.74) is -0.924. The number of halogens is 4. The zero-order chi connectivity index (χ0) is 22.3. The zero-order valence-electron chi connectivity index (χ0n) is 16.9. The number of fused-ring (bicyclic) bond motifs is 2. The molecule has 0 spiro atoms. The predicted octanol–water partition coefficient (Wildman–Crippen LogP) is 4.99. The normalized spacial score (nSPS) is 20.6. The molecule has 2 aliphatic rings. The van der Waals surface area contributed by atoms with Crippen LogP contribution in [0.4, 0.5) is 23.2 Å². The van der Waals surface area contributed by atoms with E-state index in [1.807, 2.05) is 0 Å².